The molecular weight excluding hydrogens is 286 g/mol. The van der Waals surface area contributed by atoms with Crippen molar-refractivity contribution in [3.63, 3.8) is 0 Å². The molecule has 2 aromatic carbocycles. The van der Waals surface area contributed by atoms with Crippen molar-refractivity contribution in [1.29, 1.82) is 0 Å². The lowest BCUT2D eigenvalue weighted by molar-refractivity contribution is 0.0989. The van der Waals surface area contributed by atoms with E-state index in [1.54, 1.807) is 24.3 Å². The van der Waals surface area contributed by atoms with Gasteiger partial charge in [-0.15, -0.1) is 0 Å². The molecule has 19 heavy (non-hydrogen) atoms. The topological polar surface area (TPSA) is 17.1 Å². The van der Waals surface area contributed by atoms with Gasteiger partial charge in [-0.1, -0.05) is 34.8 Å². The highest BCUT2D eigenvalue weighted by molar-refractivity contribution is 6.33. The van der Waals surface area contributed by atoms with E-state index in [0.717, 1.165) is 5.56 Å². The Bertz CT molecular complexity index is 638. The molecule has 2 aromatic rings. The SMILES string of the molecule is Cc1ccc(F)c(C(=O)Cc2cc(Cl)ccc2Cl)c1. The second kappa shape index (κ2) is 5.72. The molecule has 2 rings (SSSR count). The van der Waals surface area contributed by atoms with Gasteiger partial charge in [0.05, 0.1) is 5.56 Å². The van der Waals surface area contributed by atoms with Crippen LogP contribution in [0.3, 0.4) is 0 Å². The summed E-state index contributed by atoms with van der Waals surface area (Å²) in [6.45, 7) is 1.81. The monoisotopic (exact) mass is 296 g/mol. The summed E-state index contributed by atoms with van der Waals surface area (Å²) in [5.74, 6) is -0.834. The van der Waals surface area contributed by atoms with E-state index in [9.17, 15) is 9.18 Å². The summed E-state index contributed by atoms with van der Waals surface area (Å²) in [7, 11) is 0. The number of aryl methyl sites for hydroxylation is 1. The lowest BCUT2D eigenvalue weighted by Crippen LogP contribution is -2.07. The van der Waals surface area contributed by atoms with Crippen LogP contribution in [0.1, 0.15) is 21.5 Å². The Morgan fingerprint density at radius 3 is 2.63 bits per heavy atom. The van der Waals surface area contributed by atoms with Gasteiger partial charge >= 0.3 is 0 Å². The van der Waals surface area contributed by atoms with Gasteiger partial charge in [-0.25, -0.2) is 4.39 Å². The van der Waals surface area contributed by atoms with Crippen molar-refractivity contribution >= 4 is 29.0 Å². The molecule has 0 heterocycles. The van der Waals surface area contributed by atoms with Gasteiger partial charge in [0.25, 0.3) is 0 Å². The fraction of sp³-hybridized carbons (Fsp3) is 0.133. The predicted octanol–water partition coefficient (Wildman–Crippen LogP) is 4.87. The fourth-order valence-electron chi connectivity index (χ4n) is 1.80. The predicted molar refractivity (Wildman–Crippen MR) is 75.6 cm³/mol. The Morgan fingerprint density at radius 2 is 1.89 bits per heavy atom. The van der Waals surface area contributed by atoms with E-state index in [-0.39, 0.29) is 17.8 Å². The number of Topliss-reactive ketones (excluding diaryl/α,β-unsaturated/α-hetero) is 1. The van der Waals surface area contributed by atoms with E-state index in [2.05, 4.69) is 0 Å². The maximum Gasteiger partial charge on any atom is 0.170 e. The molecule has 0 bridgehead atoms. The minimum atomic E-state index is -0.520. The van der Waals surface area contributed by atoms with E-state index >= 15 is 0 Å². The largest absolute Gasteiger partial charge is 0.294 e. The van der Waals surface area contributed by atoms with E-state index in [4.69, 9.17) is 23.2 Å². The van der Waals surface area contributed by atoms with Crippen LogP contribution in [-0.4, -0.2) is 5.78 Å². The van der Waals surface area contributed by atoms with E-state index < -0.39 is 5.82 Å². The Kier molecular flexibility index (Phi) is 4.23. The Morgan fingerprint density at radius 1 is 1.16 bits per heavy atom. The van der Waals surface area contributed by atoms with E-state index in [1.165, 1.54) is 12.1 Å². The number of halogens is 3. The van der Waals surface area contributed by atoms with Crippen molar-refractivity contribution in [2.75, 3.05) is 0 Å². The van der Waals surface area contributed by atoms with Crippen LogP contribution in [0.15, 0.2) is 36.4 Å². The van der Waals surface area contributed by atoms with E-state index in [1.807, 2.05) is 6.92 Å². The molecule has 1 nitrogen and oxygen atoms in total. The highest BCUT2D eigenvalue weighted by Gasteiger charge is 2.14. The van der Waals surface area contributed by atoms with Gasteiger partial charge in [0.15, 0.2) is 5.78 Å². The van der Waals surface area contributed by atoms with Gasteiger partial charge in [0.2, 0.25) is 0 Å². The van der Waals surface area contributed by atoms with Crippen molar-refractivity contribution in [3.05, 3.63) is 69.0 Å². The maximum atomic E-state index is 13.6. The van der Waals surface area contributed by atoms with Gasteiger partial charge in [-0.05, 0) is 42.8 Å². The first-order valence-corrected chi connectivity index (χ1v) is 6.46. The van der Waals surface area contributed by atoms with Crippen LogP contribution in [0.5, 0.6) is 0 Å². The molecule has 0 aromatic heterocycles. The lowest BCUT2D eigenvalue weighted by atomic mass is 10.0. The third kappa shape index (κ3) is 3.34. The summed E-state index contributed by atoms with van der Waals surface area (Å²) in [4.78, 5) is 12.1. The molecule has 0 aliphatic heterocycles. The average molecular weight is 297 g/mol. The summed E-state index contributed by atoms with van der Waals surface area (Å²) < 4.78 is 13.6. The van der Waals surface area contributed by atoms with Crippen molar-refractivity contribution in [3.8, 4) is 0 Å². The highest BCUT2D eigenvalue weighted by atomic mass is 35.5. The molecule has 0 aliphatic rings. The third-order valence-corrected chi connectivity index (χ3v) is 3.38. The second-order valence-electron chi connectivity index (χ2n) is 4.32. The summed E-state index contributed by atoms with van der Waals surface area (Å²) in [5, 5.41) is 0.947. The van der Waals surface area contributed by atoms with Gasteiger partial charge in [0.1, 0.15) is 5.82 Å². The van der Waals surface area contributed by atoms with Gasteiger partial charge in [-0.3, -0.25) is 4.79 Å². The molecule has 0 saturated heterocycles. The molecule has 0 amide bonds. The van der Waals surface area contributed by atoms with Gasteiger partial charge in [0, 0.05) is 16.5 Å². The van der Waals surface area contributed by atoms with Crippen LogP contribution < -0.4 is 0 Å². The smallest absolute Gasteiger partial charge is 0.170 e. The first-order chi connectivity index (χ1) is 8.97. The Hall–Kier alpha value is -1.38. The quantitative estimate of drug-likeness (QED) is 0.739. The summed E-state index contributed by atoms with van der Waals surface area (Å²) >= 11 is 11.9. The van der Waals surface area contributed by atoms with Crippen LogP contribution in [0.2, 0.25) is 10.0 Å². The van der Waals surface area contributed by atoms with Gasteiger partial charge in [-0.2, -0.15) is 0 Å². The van der Waals surface area contributed by atoms with Crippen LogP contribution >= 0.6 is 23.2 Å². The summed E-state index contributed by atoms with van der Waals surface area (Å²) in [6.07, 6.45) is 0.0275. The number of rotatable bonds is 3. The highest BCUT2D eigenvalue weighted by Crippen LogP contribution is 2.23. The van der Waals surface area contributed by atoms with Crippen LogP contribution in [0.4, 0.5) is 4.39 Å². The number of benzene rings is 2. The van der Waals surface area contributed by atoms with Crippen molar-refractivity contribution < 1.29 is 9.18 Å². The molecule has 0 atom stereocenters. The molecule has 0 unspecified atom stereocenters. The zero-order valence-electron chi connectivity index (χ0n) is 10.2. The van der Waals surface area contributed by atoms with Crippen LogP contribution in [0, 0.1) is 12.7 Å². The number of hydrogen-bond donors (Lipinski definition) is 0. The summed E-state index contributed by atoms with van der Waals surface area (Å²) in [5.41, 5.74) is 1.51. The zero-order chi connectivity index (χ0) is 14.0. The van der Waals surface area contributed by atoms with Crippen molar-refractivity contribution in [2.24, 2.45) is 0 Å². The number of carbonyl (C=O) groups excluding carboxylic acids is 1. The normalized spacial score (nSPS) is 10.5. The number of hydrogen-bond acceptors (Lipinski definition) is 1. The minimum Gasteiger partial charge on any atom is -0.294 e. The standard InChI is InChI=1S/C15H11Cl2FO/c1-9-2-5-14(18)12(6-9)15(19)8-10-7-11(16)3-4-13(10)17/h2-7H,8H2,1H3. The average Bonchev–Trinajstić information content (AvgIpc) is 2.36. The number of ketones is 1. The molecule has 0 saturated carbocycles. The first-order valence-electron chi connectivity index (χ1n) is 5.70. The molecule has 0 fully saturated rings. The molecule has 4 heteroatoms. The molecular formula is C15H11Cl2FO. The minimum absolute atomic E-state index is 0.0275. The van der Waals surface area contributed by atoms with Crippen LogP contribution in [0.25, 0.3) is 0 Å². The molecule has 0 aliphatic carbocycles. The molecule has 0 spiro atoms. The van der Waals surface area contributed by atoms with E-state index in [0.29, 0.717) is 15.6 Å². The maximum absolute atomic E-state index is 13.6. The number of carbonyl (C=O) groups is 1. The zero-order valence-corrected chi connectivity index (χ0v) is 11.7. The Balaban J connectivity index is 2.30. The van der Waals surface area contributed by atoms with Crippen LogP contribution in [-0.2, 0) is 6.42 Å². The second-order valence-corrected chi connectivity index (χ2v) is 5.16. The van der Waals surface area contributed by atoms with Crippen molar-refractivity contribution in [1.82, 2.24) is 0 Å². The first kappa shape index (κ1) is 14.0. The van der Waals surface area contributed by atoms with Gasteiger partial charge < -0.3 is 0 Å². The molecule has 0 radical (unpaired) electrons. The molecule has 98 valence electrons. The lowest BCUT2D eigenvalue weighted by Gasteiger charge is -2.06. The van der Waals surface area contributed by atoms with Crippen molar-refractivity contribution in [2.45, 2.75) is 13.3 Å². The fourth-order valence-corrected chi connectivity index (χ4v) is 2.18. The third-order valence-electron chi connectivity index (χ3n) is 2.78. The summed E-state index contributed by atoms with van der Waals surface area (Å²) in [6, 6.07) is 9.34. The molecule has 0 N–H and O–H groups in total. The Labute approximate surface area is 121 Å².